The van der Waals surface area contributed by atoms with Gasteiger partial charge in [0.2, 0.25) is 5.91 Å². The molecule has 0 spiro atoms. The molecule has 0 aromatic heterocycles. The molecule has 12 atom stereocenters. The summed E-state index contributed by atoms with van der Waals surface area (Å²) in [4.78, 5) is 13.1. The summed E-state index contributed by atoms with van der Waals surface area (Å²) in [5.74, 6) is -0.241. The van der Waals surface area contributed by atoms with E-state index in [9.17, 15) is 45.6 Å². The summed E-state index contributed by atoms with van der Waals surface area (Å²) in [6.07, 6.45) is 38.7. The third kappa shape index (κ3) is 27.7. The topological polar surface area (TPSA) is 228 Å². The maximum atomic E-state index is 13.1. The number of ether oxygens (including phenoxy) is 4. The molecule has 2 aliphatic rings. The fourth-order valence-corrected chi connectivity index (χ4v) is 8.01. The summed E-state index contributed by atoms with van der Waals surface area (Å²) in [7, 11) is 0. The monoisotopic (exact) mass is 988 g/mol. The minimum atomic E-state index is -1.79. The Kier molecular flexibility index (Phi) is 37.3. The predicted molar refractivity (Wildman–Crippen MR) is 276 cm³/mol. The molecule has 14 nitrogen and oxygen atoms in total. The normalized spacial score (nSPS) is 26.8. The molecule has 9 N–H and O–H groups in total. The molecule has 0 aliphatic carbocycles. The third-order valence-corrected chi connectivity index (χ3v) is 12.3. The van der Waals surface area contributed by atoms with Crippen molar-refractivity contribution in [3.05, 3.63) is 97.2 Å². The molecule has 400 valence electrons. The van der Waals surface area contributed by atoms with E-state index in [1.54, 1.807) is 0 Å². The van der Waals surface area contributed by atoms with Crippen LogP contribution in [0.4, 0.5) is 0 Å². The van der Waals surface area contributed by atoms with Gasteiger partial charge in [-0.2, -0.15) is 0 Å². The van der Waals surface area contributed by atoms with Gasteiger partial charge < -0.3 is 65.1 Å². The number of hydrogen-bond donors (Lipinski definition) is 9. The first-order chi connectivity index (χ1) is 34.1. The molecule has 2 fully saturated rings. The highest BCUT2D eigenvalue weighted by Gasteiger charge is 2.51. The summed E-state index contributed by atoms with van der Waals surface area (Å²) in [6, 6.07) is -0.846. The van der Waals surface area contributed by atoms with Crippen LogP contribution in [0, 0.1) is 0 Å². The van der Waals surface area contributed by atoms with E-state index >= 15 is 0 Å². The fourth-order valence-electron chi connectivity index (χ4n) is 8.01. The summed E-state index contributed by atoms with van der Waals surface area (Å²) in [5.41, 5.74) is 0. The van der Waals surface area contributed by atoms with Crippen molar-refractivity contribution < 1.29 is 64.6 Å². The van der Waals surface area contributed by atoms with Crippen molar-refractivity contribution in [2.75, 3.05) is 19.8 Å². The van der Waals surface area contributed by atoms with Gasteiger partial charge >= 0.3 is 0 Å². The van der Waals surface area contributed by atoms with Gasteiger partial charge in [-0.25, -0.2) is 0 Å². The number of nitrogens with one attached hydrogen (secondary N) is 1. The second-order valence-electron chi connectivity index (χ2n) is 18.3. The van der Waals surface area contributed by atoms with Crippen LogP contribution < -0.4 is 5.32 Å². The first-order valence-electron chi connectivity index (χ1n) is 26.5. The predicted octanol–water partition coefficient (Wildman–Crippen LogP) is 7.54. The molecule has 2 aliphatic heterocycles. The number of aliphatic hydroxyl groups is 8. The second-order valence-corrected chi connectivity index (χ2v) is 18.3. The number of allylic oxidation sites excluding steroid dienone is 16. The van der Waals surface area contributed by atoms with Crippen LogP contribution in [0.3, 0.4) is 0 Å². The van der Waals surface area contributed by atoms with E-state index in [0.717, 1.165) is 109 Å². The smallest absolute Gasteiger partial charge is 0.220 e. The van der Waals surface area contributed by atoms with Crippen LogP contribution in [0.25, 0.3) is 0 Å². The van der Waals surface area contributed by atoms with Crippen molar-refractivity contribution in [2.24, 2.45) is 0 Å². The molecule has 2 rings (SSSR count). The molecule has 2 heterocycles. The summed E-state index contributed by atoms with van der Waals surface area (Å²) in [6.45, 7) is 2.63. The number of unbranched alkanes of at least 4 members (excludes halogenated alkanes) is 10. The largest absolute Gasteiger partial charge is 0.394 e. The van der Waals surface area contributed by atoms with Crippen molar-refractivity contribution in [2.45, 2.75) is 229 Å². The summed E-state index contributed by atoms with van der Waals surface area (Å²) < 4.78 is 22.6. The molecule has 0 radical (unpaired) electrons. The third-order valence-electron chi connectivity index (χ3n) is 12.3. The molecule has 2 saturated heterocycles. The van der Waals surface area contributed by atoms with Gasteiger partial charge in [0, 0.05) is 6.42 Å². The maximum Gasteiger partial charge on any atom is 0.220 e. The molecule has 12 unspecified atom stereocenters. The van der Waals surface area contributed by atoms with Crippen molar-refractivity contribution in [1.82, 2.24) is 5.32 Å². The zero-order valence-corrected chi connectivity index (χ0v) is 42.5. The first kappa shape index (κ1) is 63.0. The van der Waals surface area contributed by atoms with Crippen LogP contribution in [0.2, 0.25) is 0 Å². The van der Waals surface area contributed by atoms with Gasteiger partial charge in [-0.05, 0) is 77.0 Å². The van der Waals surface area contributed by atoms with Crippen LogP contribution in [0.1, 0.15) is 155 Å². The average molecular weight is 988 g/mol. The van der Waals surface area contributed by atoms with Crippen LogP contribution in [-0.2, 0) is 23.7 Å². The quantitative estimate of drug-likeness (QED) is 0.0215. The SMILES string of the molecule is CC/C=C\C/C=C\C/C=C\C/C=C\C/C=C\C/C=C\C/C=C\C/C=C\CCCCCCC(=O)NC(COC1OC(CO)C(OC2OC(CO)C(O)C(O)C2O)C(O)C1O)C(O)CCCCCCCCC. The molecule has 0 aromatic rings. The van der Waals surface area contributed by atoms with E-state index in [4.69, 9.17) is 18.9 Å². The van der Waals surface area contributed by atoms with E-state index in [-0.39, 0.29) is 18.9 Å². The number of carbonyl (C=O) groups is 1. The molecule has 0 aromatic carbocycles. The van der Waals surface area contributed by atoms with Crippen LogP contribution in [0.5, 0.6) is 0 Å². The van der Waals surface area contributed by atoms with E-state index in [1.165, 1.54) is 12.8 Å². The maximum absolute atomic E-state index is 13.1. The molecule has 70 heavy (non-hydrogen) atoms. The second kappa shape index (κ2) is 41.4. The number of rotatable bonds is 39. The zero-order chi connectivity index (χ0) is 51.0. The van der Waals surface area contributed by atoms with E-state index in [2.05, 4.69) is 116 Å². The average Bonchev–Trinajstić information content (AvgIpc) is 3.36. The van der Waals surface area contributed by atoms with Crippen LogP contribution >= 0.6 is 0 Å². The standard InChI is InChI=1S/C56H93NO13/c1-3-5-7-9-11-12-13-14-15-16-17-18-19-20-21-22-23-24-25-26-27-28-29-30-31-32-34-36-38-40-48(61)57-44(45(60)39-37-35-33-10-8-6-4-2)43-67-55-53(66)51(64)54(47(42-59)69-55)70-56-52(65)50(63)49(62)46(41-58)68-56/h5,7,11-12,14-15,17-18,20-21,23-24,26-27,29-30,44-47,49-56,58-60,62-66H,3-4,6,8-10,13,16,19,22,25,28,31-43H2,1-2H3,(H,57,61)/b7-5-,12-11-,15-14-,18-17-,21-20-,24-23-,27-26-,30-29-. The highest BCUT2D eigenvalue weighted by Crippen LogP contribution is 2.30. The van der Waals surface area contributed by atoms with Gasteiger partial charge in [0.25, 0.3) is 0 Å². The number of aliphatic hydroxyl groups excluding tert-OH is 8. The Morgan fingerprint density at radius 3 is 1.51 bits per heavy atom. The molecular formula is C56H93NO13. The van der Waals surface area contributed by atoms with Crippen molar-refractivity contribution in [3.63, 3.8) is 0 Å². The Labute approximate surface area is 420 Å². The van der Waals surface area contributed by atoms with Gasteiger partial charge in [-0.15, -0.1) is 0 Å². The lowest BCUT2D eigenvalue weighted by Gasteiger charge is -2.46. The minimum Gasteiger partial charge on any atom is -0.394 e. The number of amides is 1. The zero-order valence-electron chi connectivity index (χ0n) is 42.5. The minimum absolute atomic E-state index is 0.241. The van der Waals surface area contributed by atoms with Gasteiger partial charge in [0.15, 0.2) is 12.6 Å². The number of hydrogen-bond acceptors (Lipinski definition) is 13. The van der Waals surface area contributed by atoms with Gasteiger partial charge in [-0.1, -0.05) is 169 Å². The highest BCUT2D eigenvalue weighted by molar-refractivity contribution is 5.76. The van der Waals surface area contributed by atoms with Crippen LogP contribution in [0.15, 0.2) is 97.2 Å². The number of carbonyl (C=O) groups excluding carboxylic acids is 1. The lowest BCUT2D eigenvalue weighted by Crippen LogP contribution is -2.65. The lowest BCUT2D eigenvalue weighted by atomic mass is 9.97. The summed E-state index contributed by atoms with van der Waals surface area (Å²) in [5, 5.41) is 86.6. The van der Waals surface area contributed by atoms with Crippen molar-refractivity contribution in [3.8, 4) is 0 Å². The Bertz CT molecular complexity index is 1540. The van der Waals surface area contributed by atoms with Crippen LogP contribution in [-0.4, -0.2) is 140 Å². The molecular weight excluding hydrogens is 895 g/mol. The Balaban J connectivity index is 1.70. The van der Waals surface area contributed by atoms with E-state index in [0.29, 0.717) is 12.8 Å². The highest BCUT2D eigenvalue weighted by atomic mass is 16.7. The lowest BCUT2D eigenvalue weighted by molar-refractivity contribution is -0.359. The van der Waals surface area contributed by atoms with Crippen molar-refractivity contribution >= 4 is 5.91 Å². The fraction of sp³-hybridized carbons (Fsp3) is 0.696. The molecule has 0 bridgehead atoms. The Hall–Kier alpha value is -3.09. The van der Waals surface area contributed by atoms with Crippen molar-refractivity contribution in [1.29, 1.82) is 0 Å². The van der Waals surface area contributed by atoms with E-state index < -0.39 is 86.8 Å². The Morgan fingerprint density at radius 2 is 0.986 bits per heavy atom. The van der Waals surface area contributed by atoms with Gasteiger partial charge in [0.05, 0.1) is 32.0 Å². The molecule has 1 amide bonds. The van der Waals surface area contributed by atoms with Gasteiger partial charge in [-0.3, -0.25) is 4.79 Å². The summed E-state index contributed by atoms with van der Waals surface area (Å²) >= 11 is 0. The molecule has 0 saturated carbocycles. The Morgan fingerprint density at radius 1 is 0.529 bits per heavy atom. The molecule has 14 heteroatoms. The van der Waals surface area contributed by atoms with E-state index in [1.807, 2.05) is 0 Å². The van der Waals surface area contributed by atoms with Gasteiger partial charge in [0.1, 0.15) is 48.8 Å². The first-order valence-corrected chi connectivity index (χ1v) is 26.5.